The molecule has 3 atom stereocenters. The van der Waals surface area contributed by atoms with Gasteiger partial charge in [-0.1, -0.05) is 24.3 Å². The molecule has 3 unspecified atom stereocenters. The maximum Gasteiger partial charge on any atom is 0.368 e. The fourth-order valence-electron chi connectivity index (χ4n) is 3.09. The molecule has 0 bridgehead atoms. The van der Waals surface area contributed by atoms with Crippen LogP contribution in [0.25, 0.3) is 0 Å². The molecule has 0 N–H and O–H groups in total. The molecule has 1 aliphatic heterocycles. The average Bonchev–Trinajstić information content (AvgIpc) is 2.75. The Balaban J connectivity index is 2.34. The fraction of sp³-hybridized carbons (Fsp3) is 0.562. The van der Waals surface area contributed by atoms with Gasteiger partial charge in [-0.05, 0) is 26.3 Å². The highest BCUT2D eigenvalue weighted by molar-refractivity contribution is 7.74. The van der Waals surface area contributed by atoms with Crippen LogP contribution in [0.15, 0.2) is 24.3 Å². The lowest BCUT2D eigenvalue weighted by molar-refractivity contribution is -0.821. The molecule has 0 aromatic heterocycles. The molecule has 1 aliphatic rings. The average molecular weight is 361 g/mol. The first-order chi connectivity index (χ1) is 10.9. The summed E-state index contributed by atoms with van der Waals surface area (Å²) in [6.45, 7) is 5.77. The van der Waals surface area contributed by atoms with Crippen LogP contribution in [0.1, 0.15) is 38.8 Å². The number of halogens is 2. The number of nitrogens with zero attached hydrogens (tertiary/aromatic N) is 1. The number of amides is 1. The van der Waals surface area contributed by atoms with Crippen LogP contribution in [0.5, 0.6) is 0 Å². The van der Waals surface area contributed by atoms with E-state index in [1.54, 1.807) is 20.8 Å². The second kappa shape index (κ2) is 6.16. The van der Waals surface area contributed by atoms with Crippen LogP contribution in [0.2, 0.25) is 0 Å². The van der Waals surface area contributed by atoms with E-state index in [9.17, 15) is 22.9 Å². The van der Waals surface area contributed by atoms with E-state index >= 15 is 0 Å². The lowest BCUT2D eigenvalue weighted by Gasteiger charge is -2.44. The summed E-state index contributed by atoms with van der Waals surface area (Å²) in [5.74, 6) is -2.94. The third kappa shape index (κ3) is 3.10. The van der Waals surface area contributed by atoms with Crippen LogP contribution in [-0.4, -0.2) is 32.4 Å². The minimum Gasteiger partial charge on any atom is -0.497 e. The lowest BCUT2D eigenvalue weighted by atomic mass is 9.97. The third-order valence-electron chi connectivity index (χ3n) is 4.31. The molecule has 0 aliphatic carbocycles. The highest BCUT2D eigenvalue weighted by Gasteiger charge is 2.60. The Morgan fingerprint density at radius 2 is 1.83 bits per heavy atom. The molecule has 0 spiro atoms. The van der Waals surface area contributed by atoms with Gasteiger partial charge >= 0.3 is 11.3 Å². The van der Waals surface area contributed by atoms with Crippen LogP contribution < -0.4 is 5.11 Å². The summed E-state index contributed by atoms with van der Waals surface area (Å²) < 4.78 is 43.2. The number of quaternary nitrogens is 1. The summed E-state index contributed by atoms with van der Waals surface area (Å²) in [5, 5.41) is 11.9. The molecule has 1 aromatic carbocycles. The highest BCUT2D eigenvalue weighted by Crippen LogP contribution is 2.38. The summed E-state index contributed by atoms with van der Waals surface area (Å²) in [4.78, 5) is 11.9. The molecular weight excluding hydrogens is 340 g/mol. The van der Waals surface area contributed by atoms with Crippen molar-refractivity contribution >= 4 is 17.4 Å². The fourth-order valence-corrected chi connectivity index (χ4v) is 4.48. The number of rotatable bonds is 3. The van der Waals surface area contributed by atoms with E-state index < -0.39 is 38.8 Å². The van der Waals surface area contributed by atoms with Gasteiger partial charge in [0.2, 0.25) is 0 Å². The van der Waals surface area contributed by atoms with Crippen molar-refractivity contribution in [2.75, 3.05) is 6.61 Å². The third-order valence-corrected chi connectivity index (χ3v) is 6.11. The SMILES string of the molecule is CC(F)(F)c1ccc(CC2COS(=O)[N+]2(C(=O)[O-])C(C)(C)C)cc1. The molecule has 1 heterocycles. The van der Waals surface area contributed by atoms with Gasteiger partial charge in [-0.2, -0.15) is 8.10 Å². The topological polar surface area (TPSA) is 66.4 Å². The van der Waals surface area contributed by atoms with Crippen molar-refractivity contribution in [3.05, 3.63) is 35.4 Å². The van der Waals surface area contributed by atoms with Crippen molar-refractivity contribution in [2.24, 2.45) is 0 Å². The van der Waals surface area contributed by atoms with Gasteiger partial charge in [0.05, 0.1) is 0 Å². The Labute approximate surface area is 142 Å². The predicted octanol–water partition coefficient (Wildman–Crippen LogP) is 2.28. The first kappa shape index (κ1) is 19.0. The summed E-state index contributed by atoms with van der Waals surface area (Å²) in [6.07, 6.45) is -1.24. The number of alkyl halides is 2. The van der Waals surface area contributed by atoms with Crippen molar-refractivity contribution in [2.45, 2.75) is 51.6 Å². The summed E-state index contributed by atoms with van der Waals surface area (Å²) in [6, 6.07) is 5.05. The lowest BCUT2D eigenvalue weighted by Crippen LogP contribution is -2.70. The molecule has 0 saturated carbocycles. The molecule has 1 fully saturated rings. The van der Waals surface area contributed by atoms with E-state index in [1.165, 1.54) is 24.3 Å². The minimum absolute atomic E-state index is 0.0104. The summed E-state index contributed by atoms with van der Waals surface area (Å²) in [5.41, 5.74) is -0.362. The van der Waals surface area contributed by atoms with E-state index in [1.807, 2.05) is 0 Å². The number of hydrogen-bond donors (Lipinski definition) is 0. The number of carbonyl (C=O) groups is 1. The molecule has 1 amide bonds. The Morgan fingerprint density at radius 3 is 2.25 bits per heavy atom. The van der Waals surface area contributed by atoms with Gasteiger partial charge in [-0.15, -0.1) is 0 Å². The van der Waals surface area contributed by atoms with Crippen molar-refractivity contribution in [1.29, 1.82) is 0 Å². The Bertz CT molecular complexity index is 652. The number of benzene rings is 1. The summed E-state index contributed by atoms with van der Waals surface area (Å²) >= 11 is -2.09. The number of carbonyl (C=O) groups excluding carboxylic acids is 1. The molecule has 5 nitrogen and oxygen atoms in total. The number of hydrogen-bond acceptors (Lipinski definition) is 4. The van der Waals surface area contributed by atoms with E-state index in [4.69, 9.17) is 4.18 Å². The zero-order chi connectivity index (χ0) is 18.3. The van der Waals surface area contributed by atoms with E-state index in [2.05, 4.69) is 0 Å². The van der Waals surface area contributed by atoms with Gasteiger partial charge in [0.25, 0.3) is 12.0 Å². The first-order valence-corrected chi connectivity index (χ1v) is 8.57. The van der Waals surface area contributed by atoms with Crippen LogP contribution in [0.3, 0.4) is 0 Å². The Hall–Kier alpha value is -1.38. The first-order valence-electron chi connectivity index (χ1n) is 7.54. The van der Waals surface area contributed by atoms with E-state index in [-0.39, 0.29) is 18.6 Å². The molecule has 2 rings (SSSR count). The smallest absolute Gasteiger partial charge is 0.368 e. The van der Waals surface area contributed by atoms with Gasteiger partial charge < -0.3 is 9.90 Å². The van der Waals surface area contributed by atoms with Crippen molar-refractivity contribution in [1.82, 2.24) is 0 Å². The maximum atomic E-state index is 13.3. The molecule has 8 heteroatoms. The molecular formula is C16H21F2NO4S. The van der Waals surface area contributed by atoms with Crippen molar-refractivity contribution < 1.29 is 31.0 Å². The van der Waals surface area contributed by atoms with Gasteiger partial charge in [0, 0.05) is 18.9 Å². The molecule has 24 heavy (non-hydrogen) atoms. The molecule has 1 aromatic rings. The Kier molecular flexibility index (Phi) is 4.87. The minimum atomic E-state index is -2.94. The monoisotopic (exact) mass is 361 g/mol. The second-order valence-electron chi connectivity index (χ2n) is 7.04. The van der Waals surface area contributed by atoms with Crippen molar-refractivity contribution in [3.8, 4) is 0 Å². The maximum absolute atomic E-state index is 13.3. The van der Waals surface area contributed by atoms with Gasteiger partial charge in [-0.25, -0.2) is 13.0 Å². The quantitative estimate of drug-likeness (QED) is 0.775. The van der Waals surface area contributed by atoms with Crippen LogP contribution in [0, 0.1) is 0 Å². The molecule has 1 saturated heterocycles. The Morgan fingerprint density at radius 1 is 1.29 bits per heavy atom. The second-order valence-corrected chi connectivity index (χ2v) is 8.29. The van der Waals surface area contributed by atoms with Gasteiger partial charge in [0.15, 0.2) is 0 Å². The largest absolute Gasteiger partial charge is 0.497 e. The summed E-state index contributed by atoms with van der Waals surface area (Å²) in [7, 11) is 0. The van der Waals surface area contributed by atoms with Crippen molar-refractivity contribution in [3.63, 3.8) is 0 Å². The highest BCUT2D eigenvalue weighted by atomic mass is 32.2. The molecule has 134 valence electrons. The van der Waals surface area contributed by atoms with Crippen LogP contribution in [0.4, 0.5) is 13.6 Å². The standard InChI is InChI=1S/C16H21F2NO4S/c1-15(2,3)19(14(20)21)13(10-23-24(19)22)9-11-5-7-12(8-6-11)16(4,17)18/h5-8,13H,9-10H2,1-4H3. The normalized spacial score (nSPS) is 28.1. The predicted molar refractivity (Wildman–Crippen MR) is 83.0 cm³/mol. The van der Waals surface area contributed by atoms with Crippen LogP contribution in [-0.2, 0) is 27.8 Å². The van der Waals surface area contributed by atoms with E-state index in [0.29, 0.717) is 5.56 Å². The van der Waals surface area contributed by atoms with Crippen LogP contribution >= 0.6 is 0 Å². The number of carboxylic acid groups (broad SMARTS) is 1. The molecule has 0 radical (unpaired) electrons. The van der Waals surface area contributed by atoms with Gasteiger partial charge in [0.1, 0.15) is 18.2 Å². The zero-order valence-corrected chi connectivity index (χ0v) is 14.9. The zero-order valence-electron chi connectivity index (χ0n) is 14.0. The van der Waals surface area contributed by atoms with Gasteiger partial charge in [-0.3, -0.25) is 0 Å². The van der Waals surface area contributed by atoms with E-state index in [0.717, 1.165) is 6.92 Å².